The molecule has 0 unspecified atom stereocenters. The third-order valence-corrected chi connectivity index (χ3v) is 14.7. The van der Waals surface area contributed by atoms with Crippen molar-refractivity contribution in [2.75, 3.05) is 49.5 Å². The van der Waals surface area contributed by atoms with Crippen molar-refractivity contribution in [3.05, 3.63) is 81.9 Å². The average Bonchev–Trinajstić information content (AvgIpc) is 3.98. The second-order valence-electron chi connectivity index (χ2n) is 16.8. The Bertz CT molecular complexity index is 2890. The van der Waals surface area contributed by atoms with Crippen molar-refractivity contribution < 1.29 is 36.3 Å². The van der Waals surface area contributed by atoms with Crippen molar-refractivity contribution in [1.82, 2.24) is 33.9 Å². The summed E-state index contributed by atoms with van der Waals surface area (Å²) < 4.78 is 75.2. The molecule has 2 N–H and O–H groups in total. The van der Waals surface area contributed by atoms with E-state index in [0.29, 0.717) is 53.4 Å². The minimum atomic E-state index is -4.03. The second-order valence-corrected chi connectivity index (χ2v) is 18.6. The Morgan fingerprint density at radius 2 is 1.84 bits per heavy atom. The van der Waals surface area contributed by atoms with Crippen molar-refractivity contribution in [2.45, 2.75) is 75.5 Å². The molecule has 2 aromatic heterocycles. The molecule has 0 radical (unpaired) electrons. The van der Waals surface area contributed by atoms with Crippen LogP contribution in [0, 0.1) is 23.0 Å². The number of nitrogens with zero attached hydrogens (tertiary/aromatic N) is 8. The molecule has 1 saturated carbocycles. The van der Waals surface area contributed by atoms with E-state index < -0.39 is 33.4 Å². The fourth-order valence-corrected chi connectivity index (χ4v) is 10.5. The molecular weight excluding hydrogens is 839 g/mol. The number of carbonyl (C=O) groups excluding carboxylic acids is 2. The van der Waals surface area contributed by atoms with Gasteiger partial charge in [-0.3, -0.25) is 38.7 Å². The van der Waals surface area contributed by atoms with Crippen LogP contribution >= 0.6 is 0 Å². The monoisotopic (exact) mass is 884 g/mol. The molecule has 2 atom stereocenters. The van der Waals surface area contributed by atoms with Gasteiger partial charge in [-0.15, -0.1) is 0 Å². The number of likely N-dealkylation sites (tertiary alicyclic amines) is 1. The van der Waals surface area contributed by atoms with Crippen LogP contribution in [-0.2, 0) is 26.8 Å². The third kappa shape index (κ3) is 7.76. The second kappa shape index (κ2) is 16.3. The van der Waals surface area contributed by atoms with Crippen LogP contribution in [0.5, 0.6) is 11.5 Å². The maximum absolute atomic E-state index is 15.8. The van der Waals surface area contributed by atoms with Crippen LogP contribution < -0.4 is 25.2 Å². The van der Waals surface area contributed by atoms with E-state index in [1.54, 1.807) is 29.3 Å². The number of ether oxygens (including phenoxy) is 2. The zero-order chi connectivity index (χ0) is 44.4. The SMILES string of the molecule is CCN(C)S(=O)(=O)Nc1ccc(F)c(Oc2ccc3ncn([C@@H]4CO[C@]5(CCN(C6CCC(c7cc8c(cc7F)c(N7CCC(=O)NC7=O)nn8C)CC6)C5)C4)c(=O)c3c2)c1C#N. The Morgan fingerprint density at radius 3 is 2.59 bits per heavy atom. The predicted octanol–water partition coefficient (Wildman–Crippen LogP) is 5.41. The largest absolute Gasteiger partial charge is 0.453 e. The first-order valence-corrected chi connectivity index (χ1v) is 22.4. The zero-order valence-corrected chi connectivity index (χ0v) is 35.8. The lowest BCUT2D eigenvalue weighted by Crippen LogP contribution is -2.49. The number of imide groups is 1. The number of aromatic nitrogens is 4. The Kier molecular flexibility index (Phi) is 10.9. The van der Waals surface area contributed by atoms with Crippen LogP contribution in [0.25, 0.3) is 21.8 Å². The number of nitrogens with one attached hydrogen (secondary N) is 2. The molecule has 63 heavy (non-hydrogen) atoms. The Balaban J connectivity index is 0.858. The molecule has 17 nitrogen and oxygen atoms in total. The van der Waals surface area contributed by atoms with Gasteiger partial charge in [0.15, 0.2) is 17.4 Å². The molecule has 1 aliphatic carbocycles. The molecule has 5 aromatic rings. The molecule has 4 aliphatic rings. The normalized spacial score (nSPS) is 23.3. The topological polar surface area (TPSA) is 197 Å². The zero-order valence-electron chi connectivity index (χ0n) is 34.9. The van der Waals surface area contributed by atoms with Gasteiger partial charge in [-0.1, -0.05) is 6.92 Å². The number of amides is 3. The van der Waals surface area contributed by atoms with E-state index in [1.165, 1.54) is 36.5 Å². The first kappa shape index (κ1) is 42.3. The number of aryl methyl sites for hydroxylation is 1. The number of fused-ring (bicyclic) bond motifs is 2. The number of hydrogen-bond acceptors (Lipinski definition) is 11. The van der Waals surface area contributed by atoms with Gasteiger partial charge in [-0.05, 0) is 86.1 Å². The van der Waals surface area contributed by atoms with Crippen LogP contribution in [0.4, 0.5) is 25.1 Å². The number of nitriles is 1. The molecule has 4 fully saturated rings. The lowest BCUT2D eigenvalue weighted by molar-refractivity contribution is -0.120. The highest BCUT2D eigenvalue weighted by Gasteiger charge is 2.48. The summed E-state index contributed by atoms with van der Waals surface area (Å²) in [6.45, 7) is 3.83. The quantitative estimate of drug-likeness (QED) is 0.182. The van der Waals surface area contributed by atoms with E-state index in [1.807, 2.05) is 12.1 Å². The van der Waals surface area contributed by atoms with Crippen molar-refractivity contribution in [2.24, 2.45) is 7.05 Å². The number of halogens is 2. The summed E-state index contributed by atoms with van der Waals surface area (Å²) in [4.78, 5) is 46.6. The van der Waals surface area contributed by atoms with E-state index in [4.69, 9.17) is 9.47 Å². The highest BCUT2D eigenvalue weighted by molar-refractivity contribution is 7.90. The van der Waals surface area contributed by atoms with E-state index in [-0.39, 0.29) is 71.1 Å². The third-order valence-electron chi connectivity index (χ3n) is 13.1. The summed E-state index contributed by atoms with van der Waals surface area (Å²) in [7, 11) is -0.904. The first-order valence-electron chi connectivity index (χ1n) is 21.0. The molecule has 0 bridgehead atoms. The highest BCUT2D eigenvalue weighted by atomic mass is 32.2. The molecule has 3 amide bonds. The van der Waals surface area contributed by atoms with E-state index >= 15 is 8.78 Å². The number of hydrogen-bond donors (Lipinski definition) is 2. The summed E-state index contributed by atoms with van der Waals surface area (Å²) >= 11 is 0. The highest BCUT2D eigenvalue weighted by Crippen LogP contribution is 2.44. The van der Waals surface area contributed by atoms with Crippen LogP contribution in [0.15, 0.2) is 53.6 Å². The van der Waals surface area contributed by atoms with E-state index in [9.17, 15) is 28.1 Å². The molecular formula is C43H46F2N10O7S. The smallest absolute Gasteiger partial charge is 0.329 e. The van der Waals surface area contributed by atoms with Crippen LogP contribution in [0.2, 0.25) is 0 Å². The summed E-state index contributed by atoms with van der Waals surface area (Å²) in [5.41, 5.74) is 0.430. The van der Waals surface area contributed by atoms with Gasteiger partial charge in [0, 0.05) is 64.5 Å². The fraction of sp³-hybridized carbons (Fsp3) is 0.442. The van der Waals surface area contributed by atoms with Crippen LogP contribution in [0.3, 0.4) is 0 Å². The van der Waals surface area contributed by atoms with Crippen molar-refractivity contribution >= 4 is 55.5 Å². The predicted molar refractivity (Wildman–Crippen MR) is 228 cm³/mol. The molecule has 20 heteroatoms. The molecule has 3 saturated heterocycles. The van der Waals surface area contributed by atoms with Gasteiger partial charge in [-0.2, -0.15) is 23.1 Å². The Morgan fingerprint density at radius 1 is 1.05 bits per heavy atom. The lowest BCUT2D eigenvalue weighted by atomic mass is 9.80. The van der Waals surface area contributed by atoms with Gasteiger partial charge in [0.1, 0.15) is 23.2 Å². The summed E-state index contributed by atoms with van der Waals surface area (Å²) in [5.74, 6) is -1.68. The molecule has 1 spiro atoms. The van der Waals surface area contributed by atoms with Crippen molar-refractivity contribution in [3.8, 4) is 17.6 Å². The number of carbonyl (C=O) groups is 2. The Labute approximate surface area is 361 Å². The van der Waals surface area contributed by atoms with Gasteiger partial charge in [0.2, 0.25) is 5.91 Å². The number of benzene rings is 3. The number of urea groups is 1. The molecule has 330 valence electrons. The Hall–Kier alpha value is -6.01. The molecule has 9 rings (SSSR count). The van der Waals surface area contributed by atoms with Gasteiger partial charge in [-0.25, -0.2) is 18.6 Å². The van der Waals surface area contributed by atoms with Gasteiger partial charge >= 0.3 is 16.2 Å². The van der Waals surface area contributed by atoms with Gasteiger partial charge in [0.25, 0.3) is 5.56 Å². The van der Waals surface area contributed by atoms with Crippen molar-refractivity contribution in [1.29, 1.82) is 5.26 Å². The van der Waals surface area contributed by atoms with E-state index in [2.05, 4.69) is 25.0 Å². The maximum atomic E-state index is 15.8. The van der Waals surface area contributed by atoms with E-state index in [0.717, 1.165) is 55.1 Å². The summed E-state index contributed by atoms with van der Waals surface area (Å²) in [6.07, 6.45) is 6.42. The summed E-state index contributed by atoms with van der Waals surface area (Å²) in [6, 6.07) is 11.2. The minimum absolute atomic E-state index is 0.0213. The minimum Gasteiger partial charge on any atom is -0.453 e. The number of anilines is 2. The van der Waals surface area contributed by atoms with Crippen LogP contribution in [0.1, 0.15) is 75.0 Å². The first-order chi connectivity index (χ1) is 30.2. The summed E-state index contributed by atoms with van der Waals surface area (Å²) in [5, 5.41) is 17.5. The number of rotatable bonds is 10. The fourth-order valence-electron chi connectivity index (χ4n) is 9.57. The standard InChI is InChI=1S/C43H46F2N10O7S/c1-4-51(2)63(59,60)50-36-12-10-33(44)39(32(36)21-46)62-28-9-11-35-30(17-28)41(57)55(24-47-35)27-20-43(61-22-27)14-16-53(23-43)26-7-5-25(6-8-26)29-19-37-31(18-34(29)45)40(49-52(37)3)54-15-13-38(56)48-42(54)58/h9-12,17-19,24-27,50H,4-8,13-16,20,22-23H2,1-3H3,(H,48,56,58)/t25?,26?,27-,43+/m0/s1. The molecule has 5 heterocycles. The molecule has 3 aromatic carbocycles. The van der Waals surface area contributed by atoms with Crippen molar-refractivity contribution in [3.63, 3.8) is 0 Å². The van der Waals surface area contributed by atoms with Crippen LogP contribution in [-0.4, -0.2) is 100 Å². The maximum Gasteiger partial charge on any atom is 0.329 e. The van der Waals surface area contributed by atoms with Gasteiger partial charge < -0.3 is 9.47 Å². The molecule has 3 aliphatic heterocycles. The average molecular weight is 885 g/mol. The van der Waals surface area contributed by atoms with Gasteiger partial charge in [0.05, 0.1) is 46.7 Å². The lowest BCUT2D eigenvalue weighted by Gasteiger charge is -2.35.